The summed E-state index contributed by atoms with van der Waals surface area (Å²) < 4.78 is 77.8. The normalized spacial score (nSPS) is 14.5. The van der Waals surface area contributed by atoms with Gasteiger partial charge in [-0.2, -0.15) is 4.31 Å². The van der Waals surface area contributed by atoms with Gasteiger partial charge in [-0.05, 0) is 54.6 Å². The van der Waals surface area contributed by atoms with Crippen molar-refractivity contribution < 1.29 is 35.8 Å². The summed E-state index contributed by atoms with van der Waals surface area (Å²) >= 11 is 0. The van der Waals surface area contributed by atoms with Crippen LogP contribution in [-0.4, -0.2) is 82.8 Å². The number of benzene rings is 3. The Kier molecular flexibility index (Phi) is 8.66. The van der Waals surface area contributed by atoms with Gasteiger partial charge in [0.05, 0.1) is 44.7 Å². The van der Waals surface area contributed by atoms with E-state index >= 15 is 0 Å². The summed E-state index contributed by atoms with van der Waals surface area (Å²) in [4.78, 5) is 2.02. The molecule has 0 amide bonds. The van der Waals surface area contributed by atoms with E-state index in [1.165, 1.54) is 49.1 Å². The lowest BCUT2D eigenvalue weighted by Gasteiger charge is -2.36. The lowest BCUT2D eigenvalue weighted by Crippen LogP contribution is -2.48. The molecular weight excluding hydrogens is 558 g/mol. The van der Waals surface area contributed by atoms with E-state index in [1.807, 2.05) is 4.90 Å². The van der Waals surface area contributed by atoms with E-state index in [1.54, 1.807) is 55.6 Å². The number of hydrogen-bond donors (Lipinski definition) is 0. The van der Waals surface area contributed by atoms with Crippen molar-refractivity contribution in [3.05, 3.63) is 60.7 Å². The molecule has 0 spiro atoms. The van der Waals surface area contributed by atoms with E-state index in [4.69, 9.17) is 18.9 Å². The van der Waals surface area contributed by atoms with Gasteiger partial charge in [0.25, 0.3) is 10.0 Å². The topological polar surface area (TPSA) is 115 Å². The van der Waals surface area contributed by atoms with Gasteiger partial charge in [-0.3, -0.25) is 4.31 Å². The number of nitrogens with zero attached hydrogens (tertiary/aromatic N) is 3. The highest BCUT2D eigenvalue weighted by Gasteiger charge is 2.33. The molecule has 0 aliphatic carbocycles. The van der Waals surface area contributed by atoms with Crippen LogP contribution >= 0.6 is 0 Å². The van der Waals surface area contributed by atoms with Gasteiger partial charge in [0.1, 0.15) is 27.9 Å². The molecule has 11 nitrogen and oxygen atoms in total. The lowest BCUT2D eigenvalue weighted by molar-refractivity contribution is 0.367. The van der Waals surface area contributed by atoms with E-state index in [-0.39, 0.29) is 28.6 Å². The maximum Gasteiger partial charge on any atom is 0.264 e. The first-order chi connectivity index (χ1) is 19.1. The average Bonchev–Trinajstić information content (AvgIpc) is 3.00. The Labute approximate surface area is 235 Å². The quantitative estimate of drug-likeness (QED) is 0.351. The minimum absolute atomic E-state index is 0.0232. The van der Waals surface area contributed by atoms with Gasteiger partial charge in [-0.25, -0.2) is 16.8 Å². The smallest absolute Gasteiger partial charge is 0.264 e. The number of sulfonamides is 2. The van der Waals surface area contributed by atoms with Crippen molar-refractivity contribution in [1.82, 2.24) is 4.31 Å². The van der Waals surface area contributed by atoms with Crippen molar-refractivity contribution in [2.24, 2.45) is 0 Å². The maximum atomic E-state index is 13.5. The lowest BCUT2D eigenvalue weighted by atomic mass is 10.2. The third kappa shape index (κ3) is 5.62. The highest BCUT2D eigenvalue weighted by atomic mass is 32.2. The molecule has 0 aromatic heterocycles. The number of rotatable bonds is 10. The van der Waals surface area contributed by atoms with Gasteiger partial charge in [-0.1, -0.05) is 0 Å². The second-order valence-corrected chi connectivity index (χ2v) is 12.8. The van der Waals surface area contributed by atoms with Crippen molar-refractivity contribution in [3.63, 3.8) is 0 Å². The highest BCUT2D eigenvalue weighted by Crippen LogP contribution is 2.35. The minimum Gasteiger partial charge on any atom is -0.497 e. The Morgan fingerprint density at radius 2 is 1.25 bits per heavy atom. The van der Waals surface area contributed by atoms with Crippen LogP contribution in [0, 0.1) is 0 Å². The van der Waals surface area contributed by atoms with Gasteiger partial charge in [0.15, 0.2) is 0 Å². The fraction of sp³-hybridized carbons (Fsp3) is 0.333. The number of anilines is 2. The van der Waals surface area contributed by atoms with Crippen LogP contribution in [0.25, 0.3) is 0 Å². The van der Waals surface area contributed by atoms with E-state index in [9.17, 15) is 16.8 Å². The summed E-state index contributed by atoms with van der Waals surface area (Å²) in [5.41, 5.74) is 1.03. The van der Waals surface area contributed by atoms with Crippen LogP contribution in [0.3, 0.4) is 0 Å². The zero-order valence-electron chi connectivity index (χ0n) is 23.0. The Morgan fingerprint density at radius 3 is 1.82 bits per heavy atom. The highest BCUT2D eigenvalue weighted by molar-refractivity contribution is 7.92. The van der Waals surface area contributed by atoms with E-state index in [0.29, 0.717) is 41.7 Å². The number of piperazine rings is 1. The molecule has 13 heteroatoms. The van der Waals surface area contributed by atoms with E-state index < -0.39 is 20.0 Å². The Bertz CT molecular complexity index is 1550. The summed E-state index contributed by atoms with van der Waals surface area (Å²) in [7, 11) is -0.371. The Morgan fingerprint density at radius 1 is 0.675 bits per heavy atom. The van der Waals surface area contributed by atoms with E-state index in [0.717, 1.165) is 0 Å². The van der Waals surface area contributed by atoms with Gasteiger partial charge in [-0.15, -0.1) is 0 Å². The van der Waals surface area contributed by atoms with Crippen molar-refractivity contribution >= 4 is 31.4 Å². The molecule has 0 bridgehead atoms. The second kappa shape index (κ2) is 11.8. The van der Waals surface area contributed by atoms with Gasteiger partial charge in [0.2, 0.25) is 10.0 Å². The summed E-state index contributed by atoms with van der Waals surface area (Å²) in [6.07, 6.45) is 0. The molecule has 0 unspecified atom stereocenters. The first-order valence-electron chi connectivity index (χ1n) is 12.3. The Balaban J connectivity index is 1.58. The summed E-state index contributed by atoms with van der Waals surface area (Å²) in [5, 5.41) is 0. The predicted octanol–water partition coefficient (Wildman–Crippen LogP) is 3.06. The number of hydrogen-bond acceptors (Lipinski definition) is 9. The molecule has 0 atom stereocenters. The van der Waals surface area contributed by atoms with Gasteiger partial charge >= 0.3 is 0 Å². The number of methoxy groups -OCH3 is 4. The van der Waals surface area contributed by atoms with Crippen LogP contribution in [-0.2, 0) is 20.0 Å². The molecule has 1 aliphatic heterocycles. The predicted molar refractivity (Wildman–Crippen MR) is 152 cm³/mol. The molecule has 1 fully saturated rings. The third-order valence-electron chi connectivity index (χ3n) is 6.81. The van der Waals surface area contributed by atoms with Crippen molar-refractivity contribution in [2.75, 3.05) is 70.9 Å². The van der Waals surface area contributed by atoms with Crippen LogP contribution in [0.1, 0.15) is 0 Å². The standard InChI is InChI=1S/C27H33N3O8S2/c1-28(20-6-8-21(35-2)9-7-20)39(31,32)23-11-13-25(37-4)24(19-23)29-14-16-30(17-15-29)40(33,34)27-18-22(36-3)10-12-26(27)38-5/h6-13,18-19H,14-17H2,1-5H3. The van der Waals surface area contributed by atoms with Gasteiger partial charge < -0.3 is 23.8 Å². The summed E-state index contributed by atoms with van der Waals surface area (Å²) in [6, 6.07) is 16.0. The van der Waals surface area contributed by atoms with Crippen LogP contribution in [0.2, 0.25) is 0 Å². The Hall–Kier alpha value is -3.68. The molecule has 3 aromatic carbocycles. The molecule has 1 aliphatic rings. The second-order valence-electron chi connectivity index (χ2n) is 8.91. The molecular formula is C27H33N3O8S2. The van der Waals surface area contributed by atoms with Crippen molar-refractivity contribution in [3.8, 4) is 23.0 Å². The molecule has 0 N–H and O–H groups in total. The molecule has 3 aromatic rings. The third-order valence-corrected chi connectivity index (χ3v) is 10.5. The molecule has 40 heavy (non-hydrogen) atoms. The van der Waals surface area contributed by atoms with Crippen molar-refractivity contribution in [2.45, 2.75) is 9.79 Å². The monoisotopic (exact) mass is 591 g/mol. The average molecular weight is 592 g/mol. The minimum atomic E-state index is -3.90. The van der Waals surface area contributed by atoms with Crippen LogP contribution < -0.4 is 28.2 Å². The van der Waals surface area contributed by atoms with Gasteiger partial charge in [0, 0.05) is 39.3 Å². The molecule has 1 heterocycles. The SMILES string of the molecule is COc1ccc(N(C)S(=O)(=O)c2ccc(OC)c(N3CCN(S(=O)(=O)c4cc(OC)ccc4OC)CC3)c2)cc1. The number of ether oxygens (including phenoxy) is 4. The molecule has 0 radical (unpaired) electrons. The molecule has 1 saturated heterocycles. The van der Waals surface area contributed by atoms with Crippen LogP contribution in [0.5, 0.6) is 23.0 Å². The molecule has 4 rings (SSSR count). The molecule has 216 valence electrons. The largest absolute Gasteiger partial charge is 0.497 e. The fourth-order valence-corrected chi connectivity index (χ4v) is 7.27. The first-order valence-corrected chi connectivity index (χ1v) is 15.2. The zero-order chi connectivity index (χ0) is 29.1. The van der Waals surface area contributed by atoms with Crippen LogP contribution in [0.15, 0.2) is 70.5 Å². The van der Waals surface area contributed by atoms with Crippen molar-refractivity contribution in [1.29, 1.82) is 0 Å². The summed E-state index contributed by atoms with van der Waals surface area (Å²) in [5.74, 6) is 1.73. The maximum absolute atomic E-state index is 13.5. The molecule has 0 saturated carbocycles. The summed E-state index contributed by atoms with van der Waals surface area (Å²) in [6.45, 7) is 0.989. The fourth-order valence-electron chi connectivity index (χ4n) is 4.46. The first kappa shape index (κ1) is 29.3. The zero-order valence-corrected chi connectivity index (χ0v) is 24.7. The van der Waals surface area contributed by atoms with E-state index in [2.05, 4.69) is 0 Å². The van der Waals surface area contributed by atoms with Crippen LogP contribution in [0.4, 0.5) is 11.4 Å².